The second kappa shape index (κ2) is 11.9. The Morgan fingerprint density at radius 2 is 1.27 bits per heavy atom. The number of nitrogens with zero attached hydrogens (tertiary/aromatic N) is 6. The molecule has 0 bridgehead atoms. The van der Waals surface area contributed by atoms with Gasteiger partial charge in [-0.2, -0.15) is 10.2 Å². The number of carbonyl (C=O) groups is 2. The number of nitroso groups, excluding NO2 is 1. The Morgan fingerprint density at radius 3 is 1.64 bits per heavy atom. The van der Waals surface area contributed by atoms with Crippen LogP contribution in [0.2, 0.25) is 0 Å². The molecule has 2 N–H and O–H groups in total. The fraction of sp³-hybridized carbons (Fsp3) is 0.111. The third-order valence-corrected chi connectivity index (χ3v) is 3.74. The molecule has 0 saturated carbocycles. The van der Waals surface area contributed by atoms with Gasteiger partial charge < -0.3 is 0 Å². The molecule has 0 aliphatic rings. The summed E-state index contributed by atoms with van der Waals surface area (Å²) in [5.74, 6) is -1.55. The van der Waals surface area contributed by atoms with Gasteiger partial charge in [-0.25, -0.2) is 15.9 Å². The molecule has 0 saturated heterocycles. The molecule has 2 aromatic carbocycles. The third-order valence-electron chi connectivity index (χ3n) is 3.74. The fourth-order valence-corrected chi connectivity index (χ4v) is 2.31. The summed E-state index contributed by atoms with van der Waals surface area (Å²) in [6, 6.07) is 11.0. The normalized spacial score (nSPS) is 10.7. The largest absolute Gasteiger partial charge is 0.271 e. The van der Waals surface area contributed by atoms with Crippen LogP contribution in [-0.2, 0) is 9.59 Å². The zero-order valence-electron chi connectivity index (χ0n) is 16.7. The summed E-state index contributed by atoms with van der Waals surface area (Å²) in [6.07, 6.45) is 2.33. The van der Waals surface area contributed by atoms with Gasteiger partial charge in [0.1, 0.15) is 13.1 Å². The molecule has 2 rings (SSSR count). The van der Waals surface area contributed by atoms with Gasteiger partial charge in [0.25, 0.3) is 23.2 Å². The number of hydrogen-bond acceptors (Lipinski definition) is 10. The first-order valence-corrected chi connectivity index (χ1v) is 8.99. The van der Waals surface area contributed by atoms with Gasteiger partial charge in [-0.05, 0) is 0 Å². The third kappa shape index (κ3) is 8.28. The number of benzene rings is 2. The second-order valence-corrected chi connectivity index (χ2v) is 6.19. The molecule has 0 atom stereocenters. The van der Waals surface area contributed by atoms with Crippen LogP contribution >= 0.6 is 0 Å². The number of rotatable bonds is 11. The molecule has 15 heteroatoms. The fourth-order valence-electron chi connectivity index (χ4n) is 2.31. The van der Waals surface area contributed by atoms with E-state index in [-0.39, 0.29) is 11.4 Å². The van der Waals surface area contributed by atoms with E-state index in [1.54, 1.807) is 0 Å². The van der Waals surface area contributed by atoms with Gasteiger partial charge in [-0.1, -0.05) is 24.3 Å². The molecule has 0 heterocycles. The van der Waals surface area contributed by atoms with E-state index in [2.05, 4.69) is 26.3 Å². The molecule has 0 aromatic heterocycles. The zero-order valence-corrected chi connectivity index (χ0v) is 16.7. The van der Waals surface area contributed by atoms with E-state index in [1.165, 1.54) is 61.0 Å². The van der Waals surface area contributed by atoms with Crippen molar-refractivity contribution in [3.05, 3.63) is 84.8 Å². The Hall–Kier alpha value is -5.08. The zero-order chi connectivity index (χ0) is 24.2. The maximum atomic E-state index is 11.9. The lowest BCUT2D eigenvalue weighted by molar-refractivity contribution is -0.385. The van der Waals surface area contributed by atoms with Crippen LogP contribution in [0, 0.1) is 25.1 Å². The second-order valence-electron chi connectivity index (χ2n) is 6.19. The number of carbonyl (C=O) groups excluding carboxylic acids is 2. The topological polar surface area (TPSA) is 202 Å². The maximum absolute atomic E-state index is 11.9. The van der Waals surface area contributed by atoms with E-state index < -0.39 is 34.8 Å². The highest BCUT2D eigenvalue weighted by Crippen LogP contribution is 2.12. The standard InChI is InChI=1S/C18H16N8O7/c27-17(21-19-9-13-3-1-5-15(7-13)25(30)31)11-24(23-29)12-18(28)22-20-10-14-4-2-6-16(8-14)26(32)33/h1-10H,11-12H2,(H,21,27)(H,22,28)/b19-9+,20-10+. The number of hydrazone groups is 2. The number of nitrogens with one attached hydrogen (secondary N) is 2. The summed E-state index contributed by atoms with van der Waals surface area (Å²) in [7, 11) is 0. The molecule has 0 spiro atoms. The summed E-state index contributed by atoms with van der Waals surface area (Å²) in [5, 5.41) is 31.9. The highest BCUT2D eigenvalue weighted by Gasteiger charge is 2.13. The maximum Gasteiger partial charge on any atom is 0.270 e. The van der Waals surface area contributed by atoms with Crippen LogP contribution in [0.3, 0.4) is 0 Å². The Bertz CT molecular complexity index is 1030. The highest BCUT2D eigenvalue weighted by molar-refractivity contribution is 5.85. The van der Waals surface area contributed by atoms with Gasteiger partial charge in [0.15, 0.2) is 0 Å². The quantitative estimate of drug-likeness (QED) is 0.216. The summed E-state index contributed by atoms with van der Waals surface area (Å²) in [4.78, 5) is 54.9. The average Bonchev–Trinajstić information content (AvgIpc) is 2.79. The molecule has 0 radical (unpaired) electrons. The molecule has 0 unspecified atom stereocenters. The van der Waals surface area contributed by atoms with Gasteiger partial charge in [0.2, 0.25) is 0 Å². The van der Waals surface area contributed by atoms with E-state index in [0.29, 0.717) is 16.1 Å². The predicted octanol–water partition coefficient (Wildman–Crippen LogP) is 1.09. The van der Waals surface area contributed by atoms with Crippen molar-refractivity contribution in [1.29, 1.82) is 0 Å². The van der Waals surface area contributed by atoms with Gasteiger partial charge in [0.05, 0.1) is 27.6 Å². The smallest absolute Gasteiger partial charge is 0.270 e. The summed E-state index contributed by atoms with van der Waals surface area (Å²) in [6.45, 7) is -1.20. The van der Waals surface area contributed by atoms with Crippen molar-refractivity contribution in [1.82, 2.24) is 15.9 Å². The summed E-state index contributed by atoms with van der Waals surface area (Å²) < 4.78 is 0. The molecule has 15 nitrogen and oxygen atoms in total. The summed E-state index contributed by atoms with van der Waals surface area (Å²) >= 11 is 0. The van der Waals surface area contributed by atoms with Crippen molar-refractivity contribution >= 4 is 35.6 Å². The number of nitro groups is 2. The van der Waals surface area contributed by atoms with Crippen LogP contribution in [0.25, 0.3) is 0 Å². The van der Waals surface area contributed by atoms with Gasteiger partial charge in [0, 0.05) is 35.4 Å². The Balaban J connectivity index is 1.82. The average molecular weight is 456 g/mol. The Morgan fingerprint density at radius 1 is 0.848 bits per heavy atom. The number of non-ortho nitro benzene ring substituents is 2. The lowest BCUT2D eigenvalue weighted by Crippen LogP contribution is -2.38. The molecule has 2 aromatic rings. The summed E-state index contributed by atoms with van der Waals surface area (Å²) in [5.41, 5.74) is 4.61. The van der Waals surface area contributed by atoms with Crippen molar-refractivity contribution in [2.45, 2.75) is 0 Å². The first kappa shape index (κ1) is 24.2. The van der Waals surface area contributed by atoms with E-state index in [1.807, 2.05) is 0 Å². The lowest BCUT2D eigenvalue weighted by Gasteiger charge is -2.12. The van der Waals surface area contributed by atoms with Crippen molar-refractivity contribution < 1.29 is 19.4 Å². The SMILES string of the molecule is O=NN(CC(=O)N/N=C/c1cccc([N+](=O)[O-])c1)CC(=O)N/N=C/c1cccc([N+](=O)[O-])c1. The number of amides is 2. The van der Waals surface area contributed by atoms with Gasteiger partial charge in [-0.15, -0.1) is 4.91 Å². The van der Waals surface area contributed by atoms with Crippen LogP contribution in [0.4, 0.5) is 11.4 Å². The number of hydrogen-bond donors (Lipinski definition) is 2. The van der Waals surface area contributed by atoms with Gasteiger partial charge in [-0.3, -0.25) is 29.8 Å². The monoisotopic (exact) mass is 456 g/mol. The van der Waals surface area contributed by atoms with E-state index >= 15 is 0 Å². The van der Waals surface area contributed by atoms with Crippen LogP contribution in [0.15, 0.2) is 64.0 Å². The van der Waals surface area contributed by atoms with Crippen molar-refractivity contribution in [3.63, 3.8) is 0 Å². The minimum absolute atomic E-state index is 0.152. The molecule has 33 heavy (non-hydrogen) atoms. The molecule has 0 fully saturated rings. The van der Waals surface area contributed by atoms with Crippen molar-refractivity contribution in [2.24, 2.45) is 15.5 Å². The van der Waals surface area contributed by atoms with E-state index in [4.69, 9.17) is 0 Å². The molecule has 170 valence electrons. The minimum atomic E-state index is -0.774. The van der Waals surface area contributed by atoms with E-state index in [0.717, 1.165) is 0 Å². The van der Waals surface area contributed by atoms with Gasteiger partial charge >= 0.3 is 0 Å². The molecular formula is C18H16N8O7. The van der Waals surface area contributed by atoms with Crippen LogP contribution in [-0.4, -0.2) is 52.2 Å². The molecule has 0 aliphatic heterocycles. The van der Waals surface area contributed by atoms with E-state index in [9.17, 15) is 34.7 Å². The molecule has 0 aliphatic carbocycles. The molecular weight excluding hydrogens is 440 g/mol. The Kier molecular flexibility index (Phi) is 8.75. The first-order valence-electron chi connectivity index (χ1n) is 8.99. The predicted molar refractivity (Wildman–Crippen MR) is 115 cm³/mol. The van der Waals surface area contributed by atoms with Crippen LogP contribution in [0.1, 0.15) is 11.1 Å². The number of nitro benzene ring substituents is 2. The van der Waals surface area contributed by atoms with Crippen LogP contribution < -0.4 is 10.9 Å². The highest BCUT2D eigenvalue weighted by atomic mass is 16.6. The van der Waals surface area contributed by atoms with Crippen molar-refractivity contribution in [2.75, 3.05) is 13.1 Å². The van der Waals surface area contributed by atoms with Crippen LogP contribution in [0.5, 0.6) is 0 Å². The van der Waals surface area contributed by atoms with Crippen molar-refractivity contribution in [3.8, 4) is 0 Å². The minimum Gasteiger partial charge on any atom is -0.271 e. The Labute approximate surface area is 185 Å². The lowest BCUT2D eigenvalue weighted by atomic mass is 10.2. The first-order chi connectivity index (χ1) is 15.8. The molecule has 2 amide bonds.